The molecule has 0 amide bonds. The second-order valence-electron chi connectivity index (χ2n) is 20.6. The summed E-state index contributed by atoms with van der Waals surface area (Å²) in [7, 11) is 5.55. The van der Waals surface area contributed by atoms with Gasteiger partial charge in [0.2, 0.25) is 0 Å². The molecule has 0 radical (unpaired) electrons. The molecule has 0 aromatic rings. The van der Waals surface area contributed by atoms with E-state index in [2.05, 4.69) is 26.0 Å². The van der Waals surface area contributed by atoms with Crippen LogP contribution in [0.4, 0.5) is 0 Å². The molecule has 0 aliphatic rings. The van der Waals surface area contributed by atoms with E-state index < -0.39 is 18.1 Å². The van der Waals surface area contributed by atoms with Crippen molar-refractivity contribution in [2.75, 3.05) is 41.0 Å². The number of quaternary nitrogens is 1. The normalized spacial score (nSPS) is 12.8. The van der Waals surface area contributed by atoms with Gasteiger partial charge in [-0.1, -0.05) is 238 Å². The summed E-state index contributed by atoms with van der Waals surface area (Å²) >= 11 is 0. The fraction of sp³-hybridized carbons (Fsp3) is 0.912. The summed E-state index contributed by atoms with van der Waals surface area (Å²) in [6, 6.07) is -0.613. The number of carboxylic acids is 1. The van der Waals surface area contributed by atoms with E-state index >= 15 is 0 Å². The standard InChI is InChI=1S/C57H109NO7/c1-6-8-10-12-14-16-18-20-22-24-26-27-28-29-30-32-34-36-38-40-42-44-46-48-56(60)65-53(51-63-50-49-54(57(61)62)58(3,4)5)52-64-55(59)47-45-43-41-39-37-35-33-31-25-23-21-19-17-15-13-11-9-7-2/h31,33,53-54H,6-30,32,34-52H2,1-5H3/p+1/b33-31+. The second-order valence-corrected chi connectivity index (χ2v) is 20.6. The SMILES string of the molecule is CCCCCCCCCCC/C=C/CCCCCCCC(=O)OCC(COCCC(C(=O)O)[N+](C)(C)C)OC(=O)CCCCCCCCCCCCCCCCCCCCCCCCC. The number of carboxylic acid groups (broad SMARTS) is 1. The molecular weight excluding hydrogens is 811 g/mol. The Balaban J connectivity index is 4.14. The molecule has 0 rings (SSSR count). The fourth-order valence-electron chi connectivity index (χ4n) is 8.80. The Hall–Kier alpha value is -1.93. The predicted molar refractivity (Wildman–Crippen MR) is 276 cm³/mol. The number of aliphatic carboxylic acids is 1. The number of allylic oxidation sites excluding steroid dienone is 2. The van der Waals surface area contributed by atoms with Gasteiger partial charge in [-0.05, 0) is 38.5 Å². The minimum atomic E-state index is -0.871. The lowest BCUT2D eigenvalue weighted by Crippen LogP contribution is -2.50. The first-order valence-corrected chi connectivity index (χ1v) is 28.2. The van der Waals surface area contributed by atoms with Gasteiger partial charge in [0.25, 0.3) is 0 Å². The third kappa shape index (κ3) is 46.9. The highest BCUT2D eigenvalue weighted by Crippen LogP contribution is 2.17. The van der Waals surface area contributed by atoms with Gasteiger partial charge in [-0.3, -0.25) is 9.59 Å². The average Bonchev–Trinajstić information content (AvgIpc) is 3.27. The Labute approximate surface area is 403 Å². The number of hydrogen-bond donors (Lipinski definition) is 1. The molecule has 0 aliphatic heterocycles. The van der Waals surface area contributed by atoms with Gasteiger partial charge in [0, 0.05) is 19.3 Å². The van der Waals surface area contributed by atoms with Gasteiger partial charge in [0.1, 0.15) is 6.61 Å². The number of likely N-dealkylation sites (N-methyl/N-ethyl adjacent to an activating group) is 1. The van der Waals surface area contributed by atoms with E-state index in [9.17, 15) is 19.5 Å². The molecule has 2 atom stereocenters. The van der Waals surface area contributed by atoms with Gasteiger partial charge in [-0.15, -0.1) is 0 Å². The maximum Gasteiger partial charge on any atom is 0.362 e. The van der Waals surface area contributed by atoms with Crippen molar-refractivity contribution in [2.24, 2.45) is 0 Å². The van der Waals surface area contributed by atoms with Crippen LogP contribution in [0.15, 0.2) is 12.2 Å². The molecule has 0 saturated heterocycles. The summed E-state index contributed by atoms with van der Waals surface area (Å²) in [6.07, 6.45) is 55.6. The van der Waals surface area contributed by atoms with Crippen LogP contribution in [0.25, 0.3) is 0 Å². The Bertz CT molecular complexity index is 1070. The van der Waals surface area contributed by atoms with Crippen LogP contribution in [0.3, 0.4) is 0 Å². The Morgan fingerprint density at radius 1 is 0.446 bits per heavy atom. The van der Waals surface area contributed by atoms with E-state index in [0.29, 0.717) is 19.3 Å². The smallest absolute Gasteiger partial charge is 0.362 e. The van der Waals surface area contributed by atoms with Crippen LogP contribution in [-0.2, 0) is 28.6 Å². The second kappa shape index (κ2) is 48.5. The van der Waals surface area contributed by atoms with E-state index in [4.69, 9.17) is 14.2 Å². The fourth-order valence-corrected chi connectivity index (χ4v) is 8.80. The van der Waals surface area contributed by atoms with E-state index in [1.807, 2.05) is 21.1 Å². The van der Waals surface area contributed by atoms with Gasteiger partial charge in [-0.2, -0.15) is 0 Å². The van der Waals surface area contributed by atoms with Gasteiger partial charge < -0.3 is 23.8 Å². The first-order chi connectivity index (χ1) is 31.6. The minimum absolute atomic E-state index is 0.0486. The maximum atomic E-state index is 12.8. The van der Waals surface area contributed by atoms with Crippen LogP contribution in [0.2, 0.25) is 0 Å². The number of nitrogens with zero attached hydrogens (tertiary/aromatic N) is 1. The average molecular weight is 922 g/mol. The molecule has 0 heterocycles. The van der Waals surface area contributed by atoms with Crippen LogP contribution in [-0.4, -0.2) is 80.6 Å². The summed E-state index contributed by atoms with van der Waals surface area (Å²) in [6.45, 7) is 4.79. The molecule has 8 nitrogen and oxygen atoms in total. The first kappa shape index (κ1) is 63.1. The predicted octanol–water partition coefficient (Wildman–Crippen LogP) is 16.6. The van der Waals surface area contributed by atoms with Crippen LogP contribution in [0, 0.1) is 0 Å². The molecule has 8 heteroatoms. The largest absolute Gasteiger partial charge is 0.477 e. The quantitative estimate of drug-likeness (QED) is 0.0281. The van der Waals surface area contributed by atoms with Crippen molar-refractivity contribution in [3.63, 3.8) is 0 Å². The molecule has 0 aromatic carbocycles. The summed E-state index contributed by atoms with van der Waals surface area (Å²) < 4.78 is 17.4. The van der Waals surface area contributed by atoms with Crippen LogP contribution in [0.5, 0.6) is 0 Å². The number of ether oxygens (including phenoxy) is 3. The summed E-state index contributed by atoms with van der Waals surface area (Å²) in [5.41, 5.74) is 0. The van der Waals surface area contributed by atoms with Crippen molar-refractivity contribution < 1.29 is 38.2 Å². The lowest BCUT2D eigenvalue weighted by atomic mass is 10.0. The molecule has 0 aliphatic carbocycles. The number of hydrogen-bond acceptors (Lipinski definition) is 6. The first-order valence-electron chi connectivity index (χ1n) is 28.2. The van der Waals surface area contributed by atoms with E-state index in [0.717, 1.165) is 44.9 Å². The summed E-state index contributed by atoms with van der Waals surface area (Å²) in [4.78, 5) is 37.2. The zero-order valence-corrected chi connectivity index (χ0v) is 44.0. The van der Waals surface area contributed by atoms with Gasteiger partial charge in [0.15, 0.2) is 12.1 Å². The van der Waals surface area contributed by atoms with Crippen molar-refractivity contribution in [2.45, 2.75) is 296 Å². The third-order valence-electron chi connectivity index (χ3n) is 13.2. The molecule has 384 valence electrons. The van der Waals surface area contributed by atoms with E-state index in [1.54, 1.807) is 0 Å². The van der Waals surface area contributed by atoms with Crippen molar-refractivity contribution in [1.82, 2.24) is 0 Å². The molecule has 0 aromatic heterocycles. The van der Waals surface area contributed by atoms with Gasteiger partial charge in [-0.25, -0.2) is 4.79 Å². The third-order valence-corrected chi connectivity index (χ3v) is 13.2. The Morgan fingerprint density at radius 2 is 0.769 bits per heavy atom. The maximum absolute atomic E-state index is 12.8. The van der Waals surface area contributed by atoms with Crippen molar-refractivity contribution in [3.05, 3.63) is 12.2 Å². The summed E-state index contributed by atoms with van der Waals surface area (Å²) in [5, 5.41) is 9.67. The molecular formula is C57H110NO7+. The van der Waals surface area contributed by atoms with Crippen molar-refractivity contribution >= 4 is 17.9 Å². The van der Waals surface area contributed by atoms with Crippen LogP contribution >= 0.6 is 0 Å². The van der Waals surface area contributed by atoms with Crippen LogP contribution < -0.4 is 0 Å². The molecule has 65 heavy (non-hydrogen) atoms. The topological polar surface area (TPSA) is 99.1 Å². The Morgan fingerprint density at radius 3 is 1.11 bits per heavy atom. The number of rotatable bonds is 52. The van der Waals surface area contributed by atoms with Gasteiger partial charge >= 0.3 is 17.9 Å². The lowest BCUT2D eigenvalue weighted by molar-refractivity contribution is -0.887. The van der Waals surface area contributed by atoms with E-state index in [1.165, 1.54) is 205 Å². The molecule has 0 spiro atoms. The zero-order chi connectivity index (χ0) is 47.7. The van der Waals surface area contributed by atoms with E-state index in [-0.39, 0.29) is 36.2 Å². The number of carbonyl (C=O) groups excluding carboxylic acids is 2. The number of esters is 2. The minimum Gasteiger partial charge on any atom is -0.477 e. The highest BCUT2D eigenvalue weighted by Gasteiger charge is 2.31. The highest BCUT2D eigenvalue weighted by atomic mass is 16.6. The molecule has 0 saturated carbocycles. The summed E-state index contributed by atoms with van der Waals surface area (Å²) in [5.74, 6) is -1.45. The lowest BCUT2D eigenvalue weighted by Gasteiger charge is -2.31. The zero-order valence-electron chi connectivity index (χ0n) is 44.0. The molecule has 2 unspecified atom stereocenters. The van der Waals surface area contributed by atoms with Crippen LogP contribution in [0.1, 0.15) is 284 Å². The molecule has 0 fully saturated rings. The Kier molecular flexibility index (Phi) is 47.1. The van der Waals surface area contributed by atoms with Gasteiger partial charge in [0.05, 0.1) is 34.4 Å². The monoisotopic (exact) mass is 921 g/mol. The van der Waals surface area contributed by atoms with Crippen molar-refractivity contribution in [3.8, 4) is 0 Å². The number of unbranched alkanes of at least 4 members (excludes halogenated alkanes) is 36. The molecule has 1 N–H and O–H groups in total. The highest BCUT2D eigenvalue weighted by molar-refractivity contribution is 5.72. The van der Waals surface area contributed by atoms with Crippen molar-refractivity contribution in [1.29, 1.82) is 0 Å². The molecule has 0 bridgehead atoms. The number of carbonyl (C=O) groups is 3.